The predicted octanol–water partition coefficient (Wildman–Crippen LogP) is 1.37. The molecular formula is C11H11NO6S2. The topological polar surface area (TPSA) is 121 Å². The molecule has 0 spiro atoms. The van der Waals surface area contributed by atoms with E-state index in [2.05, 4.69) is 5.32 Å². The Balaban J connectivity index is 2.90. The van der Waals surface area contributed by atoms with Gasteiger partial charge in [-0.3, -0.25) is 9.11 Å². The summed E-state index contributed by atoms with van der Waals surface area (Å²) in [6, 6.07) is 6.12. The molecule has 0 atom stereocenters. The highest BCUT2D eigenvalue weighted by molar-refractivity contribution is 7.86. The lowest BCUT2D eigenvalue weighted by atomic mass is 10.1. The third-order valence-electron chi connectivity index (χ3n) is 2.75. The Labute approximate surface area is 115 Å². The van der Waals surface area contributed by atoms with Crippen molar-refractivity contribution in [2.45, 2.75) is 9.79 Å². The van der Waals surface area contributed by atoms with Crippen LogP contribution in [0.25, 0.3) is 10.8 Å². The molecule has 108 valence electrons. The van der Waals surface area contributed by atoms with Gasteiger partial charge in [0, 0.05) is 18.1 Å². The van der Waals surface area contributed by atoms with Crippen molar-refractivity contribution in [2.75, 3.05) is 12.4 Å². The summed E-state index contributed by atoms with van der Waals surface area (Å²) >= 11 is 0. The second-order valence-electron chi connectivity index (χ2n) is 4.06. The zero-order valence-electron chi connectivity index (χ0n) is 10.2. The van der Waals surface area contributed by atoms with Crippen LogP contribution >= 0.6 is 0 Å². The summed E-state index contributed by atoms with van der Waals surface area (Å²) in [5, 5.41) is 3.10. The Hall–Kier alpha value is -1.68. The van der Waals surface area contributed by atoms with Crippen molar-refractivity contribution in [3.63, 3.8) is 0 Å². The lowest BCUT2D eigenvalue weighted by Crippen LogP contribution is -2.02. The van der Waals surface area contributed by atoms with Crippen LogP contribution < -0.4 is 5.32 Å². The fraction of sp³-hybridized carbons (Fsp3) is 0.0909. The first kappa shape index (κ1) is 14.7. The number of anilines is 1. The fourth-order valence-corrected chi connectivity index (χ4v) is 3.09. The van der Waals surface area contributed by atoms with Crippen molar-refractivity contribution in [3.05, 3.63) is 30.3 Å². The first-order chi connectivity index (χ1) is 9.13. The predicted molar refractivity (Wildman–Crippen MR) is 73.1 cm³/mol. The van der Waals surface area contributed by atoms with Gasteiger partial charge in [0.25, 0.3) is 20.2 Å². The standard InChI is InChI=1S/C11H11NO6S2/c1-12-8-4-7-5-9(19(13,14)15)2-3-10(7)11(6-8)20(16,17)18/h2-6,12H,1H3,(H,13,14,15)(H,16,17,18). The van der Waals surface area contributed by atoms with E-state index >= 15 is 0 Å². The molecule has 0 fully saturated rings. The minimum Gasteiger partial charge on any atom is -0.388 e. The van der Waals surface area contributed by atoms with Gasteiger partial charge in [0.2, 0.25) is 0 Å². The number of fused-ring (bicyclic) bond motifs is 1. The van der Waals surface area contributed by atoms with Crippen LogP contribution in [-0.2, 0) is 20.2 Å². The third kappa shape index (κ3) is 2.75. The molecular weight excluding hydrogens is 306 g/mol. The number of rotatable bonds is 3. The van der Waals surface area contributed by atoms with Crippen LogP contribution in [-0.4, -0.2) is 33.0 Å². The Morgan fingerprint density at radius 1 is 0.950 bits per heavy atom. The summed E-state index contributed by atoms with van der Waals surface area (Å²) in [7, 11) is -7.31. The van der Waals surface area contributed by atoms with Gasteiger partial charge in [0.15, 0.2) is 0 Å². The molecule has 0 aliphatic rings. The summed E-state index contributed by atoms with van der Waals surface area (Å²) in [4.78, 5) is -0.708. The van der Waals surface area contributed by atoms with Gasteiger partial charge in [-0.05, 0) is 29.7 Å². The van der Waals surface area contributed by atoms with Gasteiger partial charge >= 0.3 is 0 Å². The van der Waals surface area contributed by atoms with Crippen molar-refractivity contribution in [1.29, 1.82) is 0 Å². The van der Waals surface area contributed by atoms with Crippen LogP contribution in [0.15, 0.2) is 40.1 Å². The van der Waals surface area contributed by atoms with E-state index < -0.39 is 20.2 Å². The molecule has 2 aromatic rings. The fourth-order valence-electron chi connectivity index (χ4n) is 1.83. The van der Waals surface area contributed by atoms with Crippen molar-refractivity contribution in [1.82, 2.24) is 0 Å². The molecule has 0 radical (unpaired) electrons. The molecule has 0 saturated heterocycles. The molecule has 20 heavy (non-hydrogen) atoms. The van der Waals surface area contributed by atoms with E-state index in [1.807, 2.05) is 0 Å². The van der Waals surface area contributed by atoms with E-state index in [4.69, 9.17) is 4.55 Å². The molecule has 0 unspecified atom stereocenters. The minimum absolute atomic E-state index is 0.152. The molecule has 2 aromatic carbocycles. The van der Waals surface area contributed by atoms with E-state index in [0.717, 1.165) is 12.1 Å². The number of benzene rings is 2. The Kier molecular flexibility index (Phi) is 3.46. The molecule has 0 aliphatic carbocycles. The average Bonchev–Trinajstić information content (AvgIpc) is 2.34. The van der Waals surface area contributed by atoms with Gasteiger partial charge in [-0.1, -0.05) is 6.07 Å². The van der Waals surface area contributed by atoms with Crippen LogP contribution in [0, 0.1) is 0 Å². The maximum absolute atomic E-state index is 11.4. The zero-order chi connectivity index (χ0) is 15.1. The lowest BCUT2D eigenvalue weighted by molar-refractivity contribution is 0.482. The van der Waals surface area contributed by atoms with Crippen molar-refractivity contribution < 1.29 is 25.9 Å². The van der Waals surface area contributed by atoms with Crippen LogP contribution in [0.2, 0.25) is 0 Å². The van der Waals surface area contributed by atoms with Crippen LogP contribution in [0.1, 0.15) is 0 Å². The van der Waals surface area contributed by atoms with Crippen LogP contribution in [0.5, 0.6) is 0 Å². The Morgan fingerprint density at radius 2 is 1.60 bits per heavy atom. The number of hydrogen-bond acceptors (Lipinski definition) is 5. The minimum atomic E-state index is -4.46. The first-order valence-electron chi connectivity index (χ1n) is 5.33. The van der Waals surface area contributed by atoms with Crippen molar-refractivity contribution in [2.24, 2.45) is 0 Å². The summed E-state index contributed by atoms with van der Waals surface area (Å²) in [5.41, 5.74) is 0.373. The second kappa shape index (κ2) is 4.70. The average molecular weight is 317 g/mol. The zero-order valence-corrected chi connectivity index (χ0v) is 11.9. The normalized spacial score (nSPS) is 12.6. The molecule has 0 aromatic heterocycles. The van der Waals surface area contributed by atoms with Crippen molar-refractivity contribution >= 4 is 36.7 Å². The van der Waals surface area contributed by atoms with Gasteiger partial charge < -0.3 is 5.32 Å². The summed E-state index contributed by atoms with van der Waals surface area (Å²) < 4.78 is 63.1. The highest BCUT2D eigenvalue weighted by Gasteiger charge is 2.17. The second-order valence-corrected chi connectivity index (χ2v) is 6.87. The SMILES string of the molecule is CNc1cc(S(=O)(=O)O)c2ccc(S(=O)(=O)O)cc2c1. The van der Waals surface area contributed by atoms with Gasteiger partial charge in [-0.25, -0.2) is 0 Å². The Morgan fingerprint density at radius 3 is 2.10 bits per heavy atom. The number of hydrogen-bond donors (Lipinski definition) is 3. The molecule has 0 bridgehead atoms. The van der Waals surface area contributed by atoms with Crippen LogP contribution in [0.3, 0.4) is 0 Å². The highest BCUT2D eigenvalue weighted by atomic mass is 32.2. The van der Waals surface area contributed by atoms with Gasteiger partial charge in [0.1, 0.15) is 4.90 Å². The quantitative estimate of drug-likeness (QED) is 0.731. The molecule has 7 nitrogen and oxygen atoms in total. The van der Waals surface area contributed by atoms with Crippen molar-refractivity contribution in [3.8, 4) is 0 Å². The molecule has 0 amide bonds. The van der Waals surface area contributed by atoms with Gasteiger partial charge in [-0.2, -0.15) is 16.8 Å². The largest absolute Gasteiger partial charge is 0.388 e. The molecule has 0 saturated carbocycles. The molecule has 0 heterocycles. The molecule has 3 N–H and O–H groups in total. The maximum atomic E-state index is 11.4. The van der Waals surface area contributed by atoms with E-state index in [9.17, 15) is 21.4 Å². The molecule has 0 aliphatic heterocycles. The third-order valence-corrected chi connectivity index (χ3v) is 4.49. The van der Waals surface area contributed by atoms with E-state index in [-0.39, 0.29) is 20.6 Å². The van der Waals surface area contributed by atoms with Gasteiger partial charge in [0.05, 0.1) is 4.90 Å². The monoisotopic (exact) mass is 317 g/mol. The summed E-state index contributed by atoms with van der Waals surface area (Å²) in [6.07, 6.45) is 0. The summed E-state index contributed by atoms with van der Waals surface area (Å²) in [6.45, 7) is 0. The molecule has 9 heteroatoms. The number of nitrogens with one attached hydrogen (secondary N) is 1. The van der Waals surface area contributed by atoms with Gasteiger partial charge in [-0.15, -0.1) is 0 Å². The summed E-state index contributed by atoms with van der Waals surface area (Å²) in [5.74, 6) is 0. The van der Waals surface area contributed by atoms with Crippen LogP contribution in [0.4, 0.5) is 5.69 Å². The molecule has 2 rings (SSSR count). The first-order valence-corrected chi connectivity index (χ1v) is 8.21. The van der Waals surface area contributed by atoms with E-state index in [1.165, 1.54) is 18.2 Å². The van der Waals surface area contributed by atoms with E-state index in [1.54, 1.807) is 7.05 Å². The highest BCUT2D eigenvalue weighted by Crippen LogP contribution is 2.29. The van der Waals surface area contributed by atoms with E-state index in [0.29, 0.717) is 5.69 Å². The Bertz CT molecular complexity index is 887. The lowest BCUT2D eigenvalue weighted by Gasteiger charge is -2.09. The maximum Gasteiger partial charge on any atom is 0.295 e. The smallest absolute Gasteiger partial charge is 0.295 e.